The van der Waals surface area contributed by atoms with Crippen molar-refractivity contribution in [3.63, 3.8) is 0 Å². The van der Waals surface area contributed by atoms with Crippen LogP contribution in [-0.2, 0) is 9.59 Å². The number of hydrogen-bond acceptors (Lipinski definition) is 3. The maximum atomic E-state index is 12.5. The van der Waals surface area contributed by atoms with Gasteiger partial charge in [0.1, 0.15) is 11.2 Å². The van der Waals surface area contributed by atoms with Crippen LogP contribution < -0.4 is 15.4 Å². The molecule has 1 aromatic rings. The highest BCUT2D eigenvalue weighted by Crippen LogP contribution is 2.47. The maximum Gasteiger partial charge on any atom is 0.240 e. The molecule has 0 aliphatic heterocycles. The number of anilines is 1. The van der Waals surface area contributed by atoms with Crippen LogP contribution in [0.2, 0.25) is 0 Å². The molecule has 2 aliphatic rings. The third-order valence-electron chi connectivity index (χ3n) is 4.73. The van der Waals surface area contributed by atoms with Crippen molar-refractivity contribution < 1.29 is 14.3 Å². The van der Waals surface area contributed by atoms with Gasteiger partial charge in [0, 0.05) is 11.7 Å². The lowest BCUT2D eigenvalue weighted by atomic mass is 10.0. The quantitative estimate of drug-likeness (QED) is 0.793. The number of nitrogens with one attached hydrogen (secondary N) is 2. The Morgan fingerprint density at radius 3 is 2.35 bits per heavy atom. The Labute approximate surface area is 136 Å². The van der Waals surface area contributed by atoms with Crippen LogP contribution >= 0.6 is 0 Å². The fourth-order valence-electron chi connectivity index (χ4n) is 3.13. The van der Waals surface area contributed by atoms with Crippen LogP contribution in [0.3, 0.4) is 0 Å². The number of benzene rings is 1. The van der Waals surface area contributed by atoms with E-state index in [1.165, 1.54) is 0 Å². The van der Waals surface area contributed by atoms with Crippen LogP contribution in [0.4, 0.5) is 5.69 Å². The molecule has 5 heteroatoms. The second-order valence-electron chi connectivity index (χ2n) is 6.45. The summed E-state index contributed by atoms with van der Waals surface area (Å²) >= 11 is 0. The van der Waals surface area contributed by atoms with Gasteiger partial charge in [0.15, 0.2) is 0 Å². The van der Waals surface area contributed by atoms with Gasteiger partial charge in [-0.25, -0.2) is 0 Å². The zero-order valence-corrected chi connectivity index (χ0v) is 13.6. The lowest BCUT2D eigenvalue weighted by Crippen LogP contribution is -2.43. The summed E-state index contributed by atoms with van der Waals surface area (Å²) < 4.78 is 5.38. The molecule has 0 saturated heterocycles. The van der Waals surface area contributed by atoms with Crippen molar-refractivity contribution in [3.05, 3.63) is 24.3 Å². The minimum atomic E-state index is -0.860. The molecule has 5 nitrogen and oxygen atoms in total. The van der Waals surface area contributed by atoms with E-state index in [1.54, 1.807) is 12.1 Å². The summed E-state index contributed by atoms with van der Waals surface area (Å²) in [6.07, 6.45) is 5.65. The fraction of sp³-hybridized carbons (Fsp3) is 0.556. The zero-order valence-electron chi connectivity index (χ0n) is 13.6. The van der Waals surface area contributed by atoms with E-state index in [1.807, 2.05) is 19.1 Å². The summed E-state index contributed by atoms with van der Waals surface area (Å²) in [5.74, 6) is 0.468. The molecule has 0 heterocycles. The number of amides is 2. The van der Waals surface area contributed by atoms with E-state index < -0.39 is 5.41 Å². The van der Waals surface area contributed by atoms with Crippen molar-refractivity contribution in [2.45, 2.75) is 51.5 Å². The van der Waals surface area contributed by atoms with Crippen molar-refractivity contribution in [3.8, 4) is 5.75 Å². The lowest BCUT2D eigenvalue weighted by molar-refractivity contribution is -0.134. The summed E-state index contributed by atoms with van der Waals surface area (Å²) in [5, 5.41) is 5.92. The molecule has 2 amide bonds. The summed E-state index contributed by atoms with van der Waals surface area (Å²) in [7, 11) is 0. The van der Waals surface area contributed by atoms with Gasteiger partial charge in [0.05, 0.1) is 6.61 Å². The molecular formula is C18H24N2O3. The first-order chi connectivity index (χ1) is 11.1. The Morgan fingerprint density at radius 1 is 1.13 bits per heavy atom. The van der Waals surface area contributed by atoms with Gasteiger partial charge in [-0.1, -0.05) is 12.8 Å². The van der Waals surface area contributed by atoms with Crippen molar-refractivity contribution >= 4 is 17.5 Å². The Bertz CT molecular complexity index is 572. The largest absolute Gasteiger partial charge is 0.494 e. The number of ether oxygens (including phenoxy) is 1. The zero-order chi connectivity index (χ0) is 16.3. The Balaban J connectivity index is 1.59. The van der Waals surface area contributed by atoms with Crippen LogP contribution in [-0.4, -0.2) is 24.5 Å². The van der Waals surface area contributed by atoms with E-state index in [-0.39, 0.29) is 17.9 Å². The van der Waals surface area contributed by atoms with Gasteiger partial charge >= 0.3 is 0 Å². The van der Waals surface area contributed by atoms with Gasteiger partial charge in [0.2, 0.25) is 11.8 Å². The number of rotatable bonds is 6. The molecule has 1 aromatic carbocycles. The molecule has 0 unspecified atom stereocenters. The fourth-order valence-corrected chi connectivity index (χ4v) is 3.13. The van der Waals surface area contributed by atoms with Crippen LogP contribution in [0.15, 0.2) is 24.3 Å². The van der Waals surface area contributed by atoms with Crippen molar-refractivity contribution in [2.24, 2.45) is 5.41 Å². The number of hydrogen-bond donors (Lipinski definition) is 2. The highest BCUT2D eigenvalue weighted by atomic mass is 16.5. The summed E-state index contributed by atoms with van der Waals surface area (Å²) in [6.45, 7) is 2.53. The predicted octanol–water partition coefficient (Wildman–Crippen LogP) is 2.86. The van der Waals surface area contributed by atoms with Crippen LogP contribution in [0, 0.1) is 5.41 Å². The molecule has 0 atom stereocenters. The SMILES string of the molecule is CCOc1ccc(NC(=O)C2(C(=O)NC3CCCC3)CC2)cc1. The average molecular weight is 316 g/mol. The van der Waals surface area contributed by atoms with E-state index in [4.69, 9.17) is 4.74 Å². The second-order valence-corrected chi connectivity index (χ2v) is 6.45. The maximum absolute atomic E-state index is 12.5. The van der Waals surface area contributed by atoms with E-state index in [2.05, 4.69) is 10.6 Å². The summed E-state index contributed by atoms with van der Waals surface area (Å²) in [5.41, 5.74) is -0.167. The second kappa shape index (κ2) is 6.60. The minimum Gasteiger partial charge on any atom is -0.494 e. The van der Waals surface area contributed by atoms with E-state index in [9.17, 15) is 9.59 Å². The van der Waals surface area contributed by atoms with E-state index >= 15 is 0 Å². The summed E-state index contributed by atoms with van der Waals surface area (Å²) in [4.78, 5) is 25.0. The van der Waals surface area contributed by atoms with Gasteiger partial charge in [-0.15, -0.1) is 0 Å². The smallest absolute Gasteiger partial charge is 0.240 e. The van der Waals surface area contributed by atoms with Crippen LogP contribution in [0.1, 0.15) is 45.4 Å². The standard InChI is InChI=1S/C18H24N2O3/c1-2-23-15-9-7-14(8-10-15)20-17(22)18(11-12-18)16(21)19-13-5-3-4-6-13/h7-10,13H,2-6,11-12H2,1H3,(H,19,21)(H,20,22). The van der Waals surface area contributed by atoms with Crippen LogP contribution in [0.25, 0.3) is 0 Å². The van der Waals surface area contributed by atoms with Gasteiger partial charge in [-0.05, 0) is 56.9 Å². The van der Waals surface area contributed by atoms with Crippen LogP contribution in [0.5, 0.6) is 5.75 Å². The van der Waals surface area contributed by atoms with Crippen molar-refractivity contribution in [2.75, 3.05) is 11.9 Å². The first-order valence-corrected chi connectivity index (χ1v) is 8.49. The predicted molar refractivity (Wildman–Crippen MR) is 88.3 cm³/mol. The van der Waals surface area contributed by atoms with Gasteiger partial charge < -0.3 is 15.4 Å². The molecule has 0 radical (unpaired) electrons. The number of carbonyl (C=O) groups is 2. The average Bonchev–Trinajstić information content (AvgIpc) is 3.22. The van der Waals surface area contributed by atoms with E-state index in [0.717, 1.165) is 31.4 Å². The lowest BCUT2D eigenvalue weighted by Gasteiger charge is -2.19. The molecule has 2 N–H and O–H groups in total. The van der Waals surface area contributed by atoms with Gasteiger partial charge in [0.25, 0.3) is 0 Å². The van der Waals surface area contributed by atoms with Gasteiger partial charge in [-0.2, -0.15) is 0 Å². The molecule has 0 aromatic heterocycles. The first-order valence-electron chi connectivity index (χ1n) is 8.49. The molecule has 2 aliphatic carbocycles. The molecule has 2 fully saturated rings. The third-order valence-corrected chi connectivity index (χ3v) is 4.73. The van der Waals surface area contributed by atoms with Crippen molar-refractivity contribution in [1.82, 2.24) is 5.32 Å². The normalized spacial score (nSPS) is 19.2. The molecule has 124 valence electrons. The monoisotopic (exact) mass is 316 g/mol. The Hall–Kier alpha value is -2.04. The molecule has 3 rings (SSSR count). The molecule has 0 spiro atoms. The first kappa shape index (κ1) is 15.8. The molecule has 23 heavy (non-hydrogen) atoms. The number of carbonyl (C=O) groups excluding carboxylic acids is 2. The van der Waals surface area contributed by atoms with Crippen molar-refractivity contribution in [1.29, 1.82) is 0 Å². The highest BCUT2D eigenvalue weighted by molar-refractivity contribution is 6.13. The molecular weight excluding hydrogens is 292 g/mol. The summed E-state index contributed by atoms with van der Waals surface area (Å²) in [6, 6.07) is 7.48. The molecule has 2 saturated carbocycles. The molecule has 0 bridgehead atoms. The van der Waals surface area contributed by atoms with Gasteiger partial charge in [-0.3, -0.25) is 9.59 Å². The Kier molecular flexibility index (Phi) is 4.55. The third kappa shape index (κ3) is 3.49. The van der Waals surface area contributed by atoms with E-state index in [0.29, 0.717) is 25.1 Å². The highest BCUT2D eigenvalue weighted by Gasteiger charge is 2.56. The topological polar surface area (TPSA) is 67.4 Å². The minimum absolute atomic E-state index is 0.104. The Morgan fingerprint density at radius 2 is 1.78 bits per heavy atom.